The first-order valence-corrected chi connectivity index (χ1v) is 9.41. The third kappa shape index (κ3) is 6.46. The van der Waals surface area contributed by atoms with Crippen molar-refractivity contribution in [2.45, 2.75) is 26.4 Å². The molecule has 2 rings (SSSR count). The molecule has 2 aromatic carbocycles. The Bertz CT molecular complexity index is 795. The normalized spacial score (nSPS) is 10.2. The predicted octanol–water partition coefficient (Wildman–Crippen LogP) is 4.00. The van der Waals surface area contributed by atoms with Gasteiger partial charge in [0.25, 0.3) is 5.91 Å². The molecule has 7 heteroatoms. The Kier molecular flexibility index (Phi) is 8.62. The van der Waals surface area contributed by atoms with Crippen LogP contribution < -0.4 is 14.8 Å². The fourth-order valence-electron chi connectivity index (χ4n) is 2.35. The molecule has 6 nitrogen and oxygen atoms in total. The maximum absolute atomic E-state index is 12.3. The second kappa shape index (κ2) is 11.2. The van der Waals surface area contributed by atoms with Gasteiger partial charge in [0.05, 0.1) is 18.7 Å². The summed E-state index contributed by atoms with van der Waals surface area (Å²) in [7, 11) is 1.47. The van der Waals surface area contributed by atoms with Crippen LogP contribution in [0.2, 0.25) is 5.02 Å². The molecular weight excluding hydrogens is 382 g/mol. The zero-order chi connectivity index (χ0) is 20.4. The van der Waals surface area contributed by atoms with E-state index in [2.05, 4.69) is 12.2 Å². The van der Waals surface area contributed by atoms with Crippen molar-refractivity contribution >= 4 is 23.5 Å². The van der Waals surface area contributed by atoms with Gasteiger partial charge in [0, 0.05) is 5.56 Å². The van der Waals surface area contributed by atoms with E-state index in [1.807, 2.05) is 30.3 Å². The first-order valence-electron chi connectivity index (χ1n) is 9.03. The summed E-state index contributed by atoms with van der Waals surface area (Å²) in [5.41, 5.74) is 1.14. The highest BCUT2D eigenvalue weighted by molar-refractivity contribution is 6.32. The van der Waals surface area contributed by atoms with Crippen LogP contribution in [-0.2, 0) is 16.1 Å². The molecule has 0 aliphatic rings. The number of esters is 1. The van der Waals surface area contributed by atoms with E-state index in [1.54, 1.807) is 0 Å². The van der Waals surface area contributed by atoms with Gasteiger partial charge < -0.3 is 19.5 Å². The van der Waals surface area contributed by atoms with Gasteiger partial charge in [0.15, 0.2) is 11.5 Å². The van der Waals surface area contributed by atoms with Crippen LogP contribution in [-0.4, -0.2) is 32.1 Å². The predicted molar refractivity (Wildman–Crippen MR) is 107 cm³/mol. The quantitative estimate of drug-likeness (QED) is 0.477. The molecule has 150 valence electrons. The Morgan fingerprint density at radius 3 is 2.57 bits per heavy atom. The van der Waals surface area contributed by atoms with Crippen molar-refractivity contribution in [3.05, 3.63) is 58.6 Å². The summed E-state index contributed by atoms with van der Waals surface area (Å²) in [6.45, 7) is 2.46. The van der Waals surface area contributed by atoms with Crippen LogP contribution in [0.3, 0.4) is 0 Å². The minimum Gasteiger partial charge on any atom is -0.493 e. The summed E-state index contributed by atoms with van der Waals surface area (Å²) in [4.78, 5) is 24.2. The van der Waals surface area contributed by atoms with E-state index in [0.717, 1.165) is 18.4 Å². The maximum atomic E-state index is 12.3. The highest BCUT2D eigenvalue weighted by Gasteiger charge is 2.16. The van der Waals surface area contributed by atoms with E-state index in [9.17, 15) is 9.59 Å². The number of unbranched alkanes of at least 4 members (excludes halogenated alkanes) is 1. The fourth-order valence-corrected chi connectivity index (χ4v) is 2.62. The minimum atomic E-state index is -0.533. The first kappa shape index (κ1) is 21.6. The molecule has 0 spiro atoms. The van der Waals surface area contributed by atoms with Gasteiger partial charge in [-0.15, -0.1) is 0 Å². The monoisotopic (exact) mass is 405 g/mol. The third-order valence-corrected chi connectivity index (χ3v) is 4.15. The number of methoxy groups -OCH3 is 1. The average Bonchev–Trinajstić information content (AvgIpc) is 2.72. The maximum Gasteiger partial charge on any atom is 0.325 e. The van der Waals surface area contributed by atoms with Gasteiger partial charge in [-0.3, -0.25) is 9.59 Å². The summed E-state index contributed by atoms with van der Waals surface area (Å²) in [5.74, 6) is -0.233. The van der Waals surface area contributed by atoms with Gasteiger partial charge in [0.1, 0.15) is 13.2 Å². The molecule has 0 radical (unpaired) electrons. The minimum absolute atomic E-state index is 0.152. The summed E-state index contributed by atoms with van der Waals surface area (Å²) >= 11 is 6.24. The van der Waals surface area contributed by atoms with Crippen molar-refractivity contribution in [3.8, 4) is 11.5 Å². The second-order valence-corrected chi connectivity index (χ2v) is 6.43. The molecule has 0 heterocycles. The largest absolute Gasteiger partial charge is 0.493 e. The Hall–Kier alpha value is -2.73. The van der Waals surface area contributed by atoms with E-state index in [0.29, 0.717) is 18.1 Å². The number of benzene rings is 2. The lowest BCUT2D eigenvalue weighted by Crippen LogP contribution is -2.30. The topological polar surface area (TPSA) is 73.9 Å². The lowest BCUT2D eigenvalue weighted by atomic mass is 10.2. The van der Waals surface area contributed by atoms with Crippen LogP contribution in [0.1, 0.15) is 35.7 Å². The first-order chi connectivity index (χ1) is 13.5. The van der Waals surface area contributed by atoms with Crippen molar-refractivity contribution in [3.63, 3.8) is 0 Å². The highest BCUT2D eigenvalue weighted by Crippen LogP contribution is 2.36. The summed E-state index contributed by atoms with van der Waals surface area (Å²) < 4.78 is 16.1. The van der Waals surface area contributed by atoms with Gasteiger partial charge >= 0.3 is 5.97 Å². The van der Waals surface area contributed by atoms with E-state index in [-0.39, 0.29) is 23.7 Å². The molecule has 2 aromatic rings. The average molecular weight is 406 g/mol. The zero-order valence-electron chi connectivity index (χ0n) is 16.0. The molecule has 0 aliphatic heterocycles. The van der Waals surface area contributed by atoms with Crippen LogP contribution in [0.25, 0.3) is 0 Å². The van der Waals surface area contributed by atoms with E-state index in [4.69, 9.17) is 25.8 Å². The molecule has 0 fully saturated rings. The van der Waals surface area contributed by atoms with E-state index < -0.39 is 11.9 Å². The molecular formula is C21H24ClNO5. The van der Waals surface area contributed by atoms with Crippen molar-refractivity contribution < 1.29 is 23.8 Å². The molecule has 0 aromatic heterocycles. The molecule has 0 unspecified atom stereocenters. The summed E-state index contributed by atoms with van der Waals surface area (Å²) in [6, 6.07) is 12.3. The van der Waals surface area contributed by atoms with Crippen molar-refractivity contribution in [1.29, 1.82) is 0 Å². The van der Waals surface area contributed by atoms with Crippen LogP contribution in [0.15, 0.2) is 42.5 Å². The number of hydrogen-bond acceptors (Lipinski definition) is 5. The zero-order valence-corrected chi connectivity index (χ0v) is 16.8. The van der Waals surface area contributed by atoms with Crippen LogP contribution in [0.5, 0.6) is 11.5 Å². The Balaban J connectivity index is 1.92. The lowest BCUT2D eigenvalue weighted by Gasteiger charge is -2.14. The Labute approximate surface area is 169 Å². The number of carbonyl (C=O) groups is 2. The van der Waals surface area contributed by atoms with Gasteiger partial charge in [-0.25, -0.2) is 0 Å². The number of rotatable bonds is 10. The van der Waals surface area contributed by atoms with Gasteiger partial charge in [-0.05, 0) is 24.1 Å². The number of ether oxygens (including phenoxy) is 3. The molecule has 28 heavy (non-hydrogen) atoms. The molecule has 1 N–H and O–H groups in total. The number of nitrogens with one attached hydrogen (secondary N) is 1. The number of carbonyl (C=O) groups excluding carboxylic acids is 2. The van der Waals surface area contributed by atoms with E-state index >= 15 is 0 Å². The smallest absolute Gasteiger partial charge is 0.325 e. The number of amides is 1. The molecule has 0 saturated carbocycles. The third-order valence-electron chi connectivity index (χ3n) is 3.87. The van der Waals surface area contributed by atoms with Crippen LogP contribution in [0, 0.1) is 0 Å². The van der Waals surface area contributed by atoms with Gasteiger partial charge in [-0.2, -0.15) is 0 Å². The lowest BCUT2D eigenvalue weighted by molar-refractivity contribution is -0.143. The van der Waals surface area contributed by atoms with Gasteiger partial charge in [0.2, 0.25) is 0 Å². The number of halogens is 1. The van der Waals surface area contributed by atoms with Crippen molar-refractivity contribution in [2.75, 3.05) is 20.3 Å². The fraction of sp³-hybridized carbons (Fsp3) is 0.333. The SMILES string of the molecule is CCCCOc1c(Cl)cc(C(=O)NCC(=O)OCc2ccccc2)cc1OC. The summed E-state index contributed by atoms with van der Waals surface area (Å²) in [6.07, 6.45) is 1.87. The highest BCUT2D eigenvalue weighted by atomic mass is 35.5. The number of hydrogen-bond donors (Lipinski definition) is 1. The molecule has 1 amide bonds. The van der Waals surface area contributed by atoms with Crippen molar-refractivity contribution in [1.82, 2.24) is 5.32 Å². The molecule has 0 atom stereocenters. The Morgan fingerprint density at radius 1 is 1.14 bits per heavy atom. The van der Waals surface area contributed by atoms with Crippen molar-refractivity contribution in [2.24, 2.45) is 0 Å². The molecule has 0 saturated heterocycles. The molecule has 0 aliphatic carbocycles. The van der Waals surface area contributed by atoms with Gasteiger partial charge in [-0.1, -0.05) is 55.3 Å². The Morgan fingerprint density at radius 2 is 1.89 bits per heavy atom. The van der Waals surface area contributed by atoms with E-state index in [1.165, 1.54) is 19.2 Å². The van der Waals surface area contributed by atoms with Crippen LogP contribution in [0.4, 0.5) is 0 Å². The molecule has 0 bridgehead atoms. The standard InChI is InChI=1S/C21H24ClNO5/c1-3-4-10-27-20-17(22)11-16(12-18(20)26-2)21(25)23-13-19(24)28-14-15-8-6-5-7-9-15/h5-9,11-12H,3-4,10,13-14H2,1-2H3,(H,23,25). The summed E-state index contributed by atoms with van der Waals surface area (Å²) in [5, 5.41) is 2.79. The van der Waals surface area contributed by atoms with Crippen LogP contribution >= 0.6 is 11.6 Å². The second-order valence-electron chi connectivity index (χ2n) is 6.02.